The van der Waals surface area contributed by atoms with Crippen LogP contribution in [0, 0.1) is 0 Å². The summed E-state index contributed by atoms with van der Waals surface area (Å²) in [6, 6.07) is 18.4. The number of methoxy groups -OCH3 is 1. The van der Waals surface area contributed by atoms with Gasteiger partial charge in [0.2, 0.25) is 0 Å². The van der Waals surface area contributed by atoms with E-state index < -0.39 is 0 Å². The lowest BCUT2D eigenvalue weighted by atomic mass is 9.95. The van der Waals surface area contributed by atoms with E-state index in [4.69, 9.17) is 9.47 Å². The van der Waals surface area contributed by atoms with Crippen molar-refractivity contribution >= 4 is 0 Å². The molecule has 0 saturated carbocycles. The van der Waals surface area contributed by atoms with Gasteiger partial charge in [0, 0.05) is 12.2 Å². The number of para-hydroxylation sites is 1. The summed E-state index contributed by atoms with van der Waals surface area (Å²) in [5.74, 6) is 0.873. The lowest BCUT2D eigenvalue weighted by Gasteiger charge is -2.28. The molecule has 0 aliphatic carbocycles. The summed E-state index contributed by atoms with van der Waals surface area (Å²) in [7, 11) is 3.65. The van der Waals surface area contributed by atoms with E-state index in [1.54, 1.807) is 7.11 Å². The van der Waals surface area contributed by atoms with Gasteiger partial charge in [0.25, 0.3) is 0 Å². The van der Waals surface area contributed by atoms with Gasteiger partial charge in [0.1, 0.15) is 11.9 Å². The van der Waals surface area contributed by atoms with Crippen LogP contribution in [-0.2, 0) is 4.74 Å². The van der Waals surface area contributed by atoms with Crippen molar-refractivity contribution in [3.05, 3.63) is 65.7 Å². The van der Waals surface area contributed by atoms with E-state index in [0.717, 1.165) is 16.9 Å². The SMILES string of the molecule is CCOC(c1ccccc1)C(NC)c1ccccc1OC. The van der Waals surface area contributed by atoms with Crippen molar-refractivity contribution in [1.82, 2.24) is 5.32 Å². The normalized spacial score (nSPS) is 13.7. The van der Waals surface area contributed by atoms with Crippen LogP contribution < -0.4 is 10.1 Å². The zero-order chi connectivity index (χ0) is 15.1. The number of rotatable bonds is 7. The molecule has 112 valence electrons. The highest BCUT2D eigenvalue weighted by Gasteiger charge is 2.26. The van der Waals surface area contributed by atoms with Gasteiger partial charge in [-0.25, -0.2) is 0 Å². The van der Waals surface area contributed by atoms with Gasteiger partial charge in [0.15, 0.2) is 0 Å². The third kappa shape index (κ3) is 3.63. The topological polar surface area (TPSA) is 30.5 Å². The van der Waals surface area contributed by atoms with Crippen molar-refractivity contribution in [2.45, 2.75) is 19.1 Å². The minimum atomic E-state index is -0.0579. The van der Waals surface area contributed by atoms with Crippen LogP contribution in [-0.4, -0.2) is 20.8 Å². The van der Waals surface area contributed by atoms with Crippen LogP contribution >= 0.6 is 0 Å². The van der Waals surface area contributed by atoms with Gasteiger partial charge in [0.05, 0.1) is 13.2 Å². The zero-order valence-electron chi connectivity index (χ0n) is 12.9. The molecule has 3 nitrogen and oxygen atoms in total. The van der Waals surface area contributed by atoms with Gasteiger partial charge in [-0.1, -0.05) is 48.5 Å². The van der Waals surface area contributed by atoms with E-state index in [2.05, 4.69) is 23.5 Å². The maximum absolute atomic E-state index is 6.02. The summed E-state index contributed by atoms with van der Waals surface area (Å²) in [6.45, 7) is 2.68. The van der Waals surface area contributed by atoms with E-state index in [0.29, 0.717) is 6.61 Å². The molecule has 2 unspecified atom stereocenters. The fraction of sp³-hybridized carbons (Fsp3) is 0.333. The number of likely N-dealkylation sites (N-methyl/N-ethyl adjacent to an activating group) is 1. The molecule has 2 aromatic carbocycles. The molecule has 2 rings (SSSR count). The molecule has 0 aliphatic rings. The van der Waals surface area contributed by atoms with Gasteiger partial charge in [-0.05, 0) is 25.6 Å². The molecule has 3 heteroatoms. The van der Waals surface area contributed by atoms with Crippen molar-refractivity contribution in [2.75, 3.05) is 20.8 Å². The summed E-state index contributed by atoms with van der Waals surface area (Å²) in [5, 5.41) is 3.37. The van der Waals surface area contributed by atoms with Crippen LogP contribution in [0.4, 0.5) is 0 Å². The lowest BCUT2D eigenvalue weighted by Crippen LogP contribution is -2.26. The van der Waals surface area contributed by atoms with Gasteiger partial charge in [-0.3, -0.25) is 0 Å². The minimum absolute atomic E-state index is 0.0310. The van der Waals surface area contributed by atoms with Crippen LogP contribution in [0.15, 0.2) is 54.6 Å². The van der Waals surface area contributed by atoms with E-state index in [1.807, 2.05) is 50.4 Å². The minimum Gasteiger partial charge on any atom is -0.496 e. The fourth-order valence-electron chi connectivity index (χ4n) is 2.60. The van der Waals surface area contributed by atoms with Gasteiger partial charge in [-0.2, -0.15) is 0 Å². The Hall–Kier alpha value is -1.84. The molecule has 0 saturated heterocycles. The monoisotopic (exact) mass is 285 g/mol. The Kier molecular flexibility index (Phi) is 5.78. The summed E-state index contributed by atoms with van der Waals surface area (Å²) < 4.78 is 11.5. The summed E-state index contributed by atoms with van der Waals surface area (Å²) >= 11 is 0. The van der Waals surface area contributed by atoms with Gasteiger partial charge < -0.3 is 14.8 Å². The highest BCUT2D eigenvalue weighted by Crippen LogP contribution is 2.36. The van der Waals surface area contributed by atoms with Crippen LogP contribution in [0.25, 0.3) is 0 Å². The van der Waals surface area contributed by atoms with Crippen molar-refractivity contribution in [1.29, 1.82) is 0 Å². The molecule has 0 bridgehead atoms. The number of ether oxygens (including phenoxy) is 2. The maximum atomic E-state index is 6.02. The molecule has 0 radical (unpaired) electrons. The Bertz CT molecular complexity index is 542. The van der Waals surface area contributed by atoms with E-state index in [1.165, 1.54) is 0 Å². The molecule has 21 heavy (non-hydrogen) atoms. The Morgan fingerprint density at radius 2 is 1.67 bits per heavy atom. The van der Waals surface area contributed by atoms with Crippen molar-refractivity contribution in [2.24, 2.45) is 0 Å². The molecule has 0 aromatic heterocycles. The standard InChI is InChI=1S/C18H23NO2/c1-4-21-18(14-10-6-5-7-11-14)17(19-2)15-12-8-9-13-16(15)20-3/h5-13,17-19H,4H2,1-3H3. The largest absolute Gasteiger partial charge is 0.496 e. The Labute approximate surface area is 126 Å². The molecule has 1 N–H and O–H groups in total. The molecular weight excluding hydrogens is 262 g/mol. The number of hydrogen-bond donors (Lipinski definition) is 1. The molecular formula is C18H23NO2. The molecule has 0 amide bonds. The van der Waals surface area contributed by atoms with Crippen LogP contribution in [0.3, 0.4) is 0 Å². The molecule has 0 aliphatic heterocycles. The first kappa shape index (κ1) is 15.5. The van der Waals surface area contributed by atoms with Gasteiger partial charge in [-0.15, -0.1) is 0 Å². The van der Waals surface area contributed by atoms with Gasteiger partial charge >= 0.3 is 0 Å². The number of benzene rings is 2. The predicted molar refractivity (Wildman–Crippen MR) is 85.6 cm³/mol. The fourth-order valence-corrected chi connectivity index (χ4v) is 2.60. The molecule has 2 aromatic rings. The van der Waals surface area contributed by atoms with Crippen LogP contribution in [0.1, 0.15) is 30.2 Å². The van der Waals surface area contributed by atoms with Crippen molar-refractivity contribution in [3.63, 3.8) is 0 Å². The van der Waals surface area contributed by atoms with Crippen molar-refractivity contribution in [3.8, 4) is 5.75 Å². The second-order valence-electron chi connectivity index (χ2n) is 4.79. The first-order valence-electron chi connectivity index (χ1n) is 7.28. The third-order valence-electron chi connectivity index (χ3n) is 3.56. The Morgan fingerprint density at radius 3 is 2.29 bits per heavy atom. The average Bonchev–Trinajstić information content (AvgIpc) is 2.56. The Morgan fingerprint density at radius 1 is 1.00 bits per heavy atom. The summed E-state index contributed by atoms with van der Waals surface area (Å²) in [6.07, 6.45) is -0.0579. The number of hydrogen-bond acceptors (Lipinski definition) is 3. The van der Waals surface area contributed by atoms with E-state index >= 15 is 0 Å². The van der Waals surface area contributed by atoms with E-state index in [9.17, 15) is 0 Å². The molecule has 0 spiro atoms. The molecule has 0 fully saturated rings. The quantitative estimate of drug-likeness (QED) is 0.840. The van der Waals surface area contributed by atoms with Crippen molar-refractivity contribution < 1.29 is 9.47 Å². The average molecular weight is 285 g/mol. The second kappa shape index (κ2) is 7.81. The zero-order valence-corrected chi connectivity index (χ0v) is 12.9. The molecule has 2 atom stereocenters. The second-order valence-corrected chi connectivity index (χ2v) is 4.79. The highest BCUT2D eigenvalue weighted by atomic mass is 16.5. The maximum Gasteiger partial charge on any atom is 0.123 e. The van der Waals surface area contributed by atoms with E-state index in [-0.39, 0.29) is 12.1 Å². The summed E-state index contributed by atoms with van der Waals surface area (Å²) in [4.78, 5) is 0. The molecule has 0 heterocycles. The first-order chi connectivity index (χ1) is 10.3. The van der Waals surface area contributed by atoms with Crippen LogP contribution in [0.2, 0.25) is 0 Å². The third-order valence-corrected chi connectivity index (χ3v) is 3.56. The predicted octanol–water partition coefficient (Wildman–Crippen LogP) is 3.73. The highest BCUT2D eigenvalue weighted by molar-refractivity contribution is 5.38. The first-order valence-corrected chi connectivity index (χ1v) is 7.28. The number of nitrogens with one attached hydrogen (secondary N) is 1. The summed E-state index contributed by atoms with van der Waals surface area (Å²) in [5.41, 5.74) is 2.26. The lowest BCUT2D eigenvalue weighted by molar-refractivity contribution is 0.0341. The van der Waals surface area contributed by atoms with Crippen LogP contribution in [0.5, 0.6) is 5.75 Å². The smallest absolute Gasteiger partial charge is 0.123 e. The Balaban J connectivity index is 2.40.